The quantitative estimate of drug-likeness (QED) is 0.284. The molecule has 5 nitrogen and oxygen atoms in total. The molecule has 0 aliphatic rings. The Morgan fingerprint density at radius 2 is 1.70 bits per heavy atom. The first kappa shape index (κ1) is 22.7. The van der Waals surface area contributed by atoms with E-state index in [1.807, 2.05) is 91.0 Å². The van der Waals surface area contributed by atoms with Gasteiger partial charge in [-0.2, -0.15) is 0 Å². The van der Waals surface area contributed by atoms with Crippen molar-refractivity contribution in [1.29, 1.82) is 0 Å². The van der Waals surface area contributed by atoms with E-state index < -0.39 is 0 Å². The molecular formula is C27H22IN3O2. The average molecular weight is 547 g/mol. The topological polar surface area (TPSA) is 64.1 Å². The van der Waals surface area contributed by atoms with Crippen molar-refractivity contribution in [3.63, 3.8) is 0 Å². The summed E-state index contributed by atoms with van der Waals surface area (Å²) in [6, 6.07) is 25.4. The summed E-state index contributed by atoms with van der Waals surface area (Å²) in [7, 11) is 1.63. The molecule has 0 saturated heterocycles. The van der Waals surface area contributed by atoms with Crippen LogP contribution >= 0.6 is 22.6 Å². The van der Waals surface area contributed by atoms with Crippen molar-refractivity contribution in [2.24, 2.45) is 0 Å². The first-order valence-corrected chi connectivity index (χ1v) is 11.5. The molecule has 1 amide bonds. The van der Waals surface area contributed by atoms with Crippen molar-refractivity contribution in [3.8, 4) is 17.0 Å². The van der Waals surface area contributed by atoms with Gasteiger partial charge >= 0.3 is 0 Å². The van der Waals surface area contributed by atoms with Gasteiger partial charge in [0.25, 0.3) is 0 Å². The SMILES string of the molecule is COc1ccc(-c2cnc(NC(=O)Cc3ccc(I)cc3)c(/C=C/c3ccccc3)n2)cc1. The highest BCUT2D eigenvalue weighted by Crippen LogP contribution is 2.23. The molecule has 0 unspecified atom stereocenters. The lowest BCUT2D eigenvalue weighted by Gasteiger charge is -2.10. The lowest BCUT2D eigenvalue weighted by atomic mass is 10.1. The lowest BCUT2D eigenvalue weighted by molar-refractivity contribution is -0.115. The van der Waals surface area contributed by atoms with E-state index >= 15 is 0 Å². The van der Waals surface area contributed by atoms with Gasteiger partial charge in [-0.1, -0.05) is 48.5 Å². The van der Waals surface area contributed by atoms with Gasteiger partial charge in [0.15, 0.2) is 5.82 Å². The van der Waals surface area contributed by atoms with E-state index in [0.717, 1.165) is 26.0 Å². The number of amides is 1. The van der Waals surface area contributed by atoms with Gasteiger partial charge in [0.2, 0.25) is 5.91 Å². The number of carbonyl (C=O) groups excluding carboxylic acids is 1. The first-order chi connectivity index (χ1) is 16.1. The minimum atomic E-state index is -0.142. The summed E-state index contributed by atoms with van der Waals surface area (Å²) >= 11 is 2.25. The standard InChI is InChI=1S/C27H22IN3O2/c1-33-23-14-10-21(11-15-23)25-18-29-27(24(30-25)16-9-19-5-3-2-4-6-19)31-26(32)17-20-7-12-22(28)13-8-20/h2-16,18H,17H2,1H3,(H,29,31,32)/b16-9+. The summed E-state index contributed by atoms with van der Waals surface area (Å²) in [6.45, 7) is 0. The minimum absolute atomic E-state index is 0.142. The Morgan fingerprint density at radius 3 is 2.39 bits per heavy atom. The Hall–Kier alpha value is -3.52. The maximum Gasteiger partial charge on any atom is 0.230 e. The minimum Gasteiger partial charge on any atom is -0.497 e. The Morgan fingerprint density at radius 1 is 0.970 bits per heavy atom. The average Bonchev–Trinajstić information content (AvgIpc) is 2.85. The van der Waals surface area contributed by atoms with Crippen LogP contribution in [-0.2, 0) is 11.2 Å². The number of ether oxygens (including phenoxy) is 1. The number of hydrogen-bond donors (Lipinski definition) is 1. The molecule has 1 heterocycles. The number of anilines is 1. The third kappa shape index (κ3) is 6.26. The van der Waals surface area contributed by atoms with E-state index in [1.54, 1.807) is 13.3 Å². The molecule has 0 aliphatic heterocycles. The van der Waals surface area contributed by atoms with Crippen molar-refractivity contribution in [3.05, 3.63) is 105 Å². The molecule has 0 atom stereocenters. The third-order valence-electron chi connectivity index (χ3n) is 4.95. The number of methoxy groups -OCH3 is 1. The summed E-state index contributed by atoms with van der Waals surface area (Å²) in [6.07, 6.45) is 5.76. The van der Waals surface area contributed by atoms with Crippen LogP contribution in [0.1, 0.15) is 16.8 Å². The van der Waals surface area contributed by atoms with Crippen LogP contribution in [0.3, 0.4) is 0 Å². The molecule has 1 N–H and O–H groups in total. The molecule has 0 spiro atoms. The fraction of sp³-hybridized carbons (Fsp3) is 0.0741. The number of halogens is 1. The predicted octanol–water partition coefficient (Wildman–Crippen LogP) is 6.11. The van der Waals surface area contributed by atoms with Crippen molar-refractivity contribution in [2.75, 3.05) is 12.4 Å². The number of nitrogens with zero attached hydrogens (tertiary/aromatic N) is 2. The monoisotopic (exact) mass is 547 g/mol. The van der Waals surface area contributed by atoms with E-state index in [9.17, 15) is 4.79 Å². The van der Waals surface area contributed by atoms with Gasteiger partial charge in [0, 0.05) is 9.13 Å². The zero-order valence-corrected chi connectivity index (χ0v) is 20.2. The highest BCUT2D eigenvalue weighted by Gasteiger charge is 2.11. The smallest absolute Gasteiger partial charge is 0.230 e. The molecular weight excluding hydrogens is 525 g/mol. The Kier molecular flexibility index (Phi) is 7.47. The molecule has 0 saturated carbocycles. The molecule has 164 valence electrons. The molecule has 33 heavy (non-hydrogen) atoms. The van der Waals surface area contributed by atoms with Crippen LogP contribution in [0.5, 0.6) is 5.75 Å². The number of benzene rings is 3. The number of aromatic nitrogens is 2. The number of rotatable bonds is 7. The zero-order valence-electron chi connectivity index (χ0n) is 18.0. The molecule has 4 rings (SSSR count). The Labute approximate surface area is 206 Å². The summed E-state index contributed by atoms with van der Waals surface area (Å²) < 4.78 is 6.37. The Balaban J connectivity index is 1.61. The molecule has 4 aromatic rings. The largest absolute Gasteiger partial charge is 0.497 e. The molecule has 0 radical (unpaired) electrons. The predicted molar refractivity (Wildman–Crippen MR) is 141 cm³/mol. The van der Waals surface area contributed by atoms with Gasteiger partial charge in [-0.15, -0.1) is 0 Å². The van der Waals surface area contributed by atoms with Gasteiger partial charge in [0.1, 0.15) is 11.4 Å². The fourth-order valence-electron chi connectivity index (χ4n) is 3.22. The lowest BCUT2D eigenvalue weighted by Crippen LogP contribution is -2.16. The summed E-state index contributed by atoms with van der Waals surface area (Å²) in [5.41, 5.74) is 4.18. The van der Waals surface area contributed by atoms with E-state index in [-0.39, 0.29) is 12.3 Å². The molecule has 6 heteroatoms. The van der Waals surface area contributed by atoms with Crippen molar-refractivity contribution in [1.82, 2.24) is 9.97 Å². The maximum absolute atomic E-state index is 12.7. The third-order valence-corrected chi connectivity index (χ3v) is 5.67. The van der Waals surface area contributed by atoms with Gasteiger partial charge in [-0.25, -0.2) is 9.97 Å². The van der Waals surface area contributed by atoms with Gasteiger partial charge in [0.05, 0.1) is 25.4 Å². The normalized spacial score (nSPS) is 10.8. The highest BCUT2D eigenvalue weighted by atomic mass is 127. The van der Waals surface area contributed by atoms with Crippen molar-refractivity contribution in [2.45, 2.75) is 6.42 Å². The molecule has 0 fully saturated rings. The summed E-state index contributed by atoms with van der Waals surface area (Å²) in [5.74, 6) is 1.06. The second-order valence-electron chi connectivity index (χ2n) is 7.31. The van der Waals surface area contributed by atoms with E-state index in [2.05, 4.69) is 32.9 Å². The highest BCUT2D eigenvalue weighted by molar-refractivity contribution is 14.1. The molecule has 0 aliphatic carbocycles. The van der Waals surface area contributed by atoms with E-state index in [4.69, 9.17) is 9.72 Å². The number of hydrogen-bond acceptors (Lipinski definition) is 4. The second-order valence-corrected chi connectivity index (χ2v) is 8.56. The van der Waals surface area contributed by atoms with Crippen LogP contribution < -0.4 is 10.1 Å². The van der Waals surface area contributed by atoms with Gasteiger partial charge in [-0.3, -0.25) is 4.79 Å². The summed E-state index contributed by atoms with van der Waals surface area (Å²) in [4.78, 5) is 22.0. The van der Waals surface area contributed by atoms with E-state index in [0.29, 0.717) is 17.2 Å². The van der Waals surface area contributed by atoms with Crippen LogP contribution in [0.25, 0.3) is 23.4 Å². The fourth-order valence-corrected chi connectivity index (χ4v) is 3.58. The summed E-state index contributed by atoms with van der Waals surface area (Å²) in [5, 5.41) is 2.92. The van der Waals surface area contributed by atoms with Crippen LogP contribution in [0.4, 0.5) is 5.82 Å². The van der Waals surface area contributed by atoms with Crippen LogP contribution in [0, 0.1) is 3.57 Å². The van der Waals surface area contributed by atoms with E-state index in [1.165, 1.54) is 0 Å². The van der Waals surface area contributed by atoms with Crippen LogP contribution in [0.15, 0.2) is 85.1 Å². The maximum atomic E-state index is 12.7. The van der Waals surface area contributed by atoms with Crippen molar-refractivity contribution >= 4 is 46.5 Å². The first-order valence-electron chi connectivity index (χ1n) is 10.4. The zero-order chi connectivity index (χ0) is 23.0. The number of nitrogens with one attached hydrogen (secondary N) is 1. The molecule has 0 bridgehead atoms. The van der Waals surface area contributed by atoms with Gasteiger partial charge < -0.3 is 10.1 Å². The Bertz CT molecular complexity index is 1260. The molecule has 1 aromatic heterocycles. The van der Waals surface area contributed by atoms with Gasteiger partial charge in [-0.05, 0) is 76.2 Å². The van der Waals surface area contributed by atoms with Crippen LogP contribution in [0.2, 0.25) is 0 Å². The second kappa shape index (κ2) is 10.9. The number of carbonyl (C=O) groups is 1. The van der Waals surface area contributed by atoms with Crippen LogP contribution in [-0.4, -0.2) is 23.0 Å². The molecule has 3 aromatic carbocycles. The van der Waals surface area contributed by atoms with Crippen molar-refractivity contribution < 1.29 is 9.53 Å².